The summed E-state index contributed by atoms with van der Waals surface area (Å²) in [6.45, 7) is 3.33. The molecule has 15 heavy (non-hydrogen) atoms. The monoisotopic (exact) mass is 227 g/mol. The molecule has 2 N–H and O–H groups in total. The molecule has 0 unspecified atom stereocenters. The number of aliphatic carboxylic acids is 1. The predicted octanol–water partition coefficient (Wildman–Crippen LogP) is 1.71. The average Bonchev–Trinajstić information content (AvgIpc) is 2.48. The lowest BCUT2D eigenvalue weighted by molar-refractivity contribution is -0.137. The summed E-state index contributed by atoms with van der Waals surface area (Å²) in [5.74, 6) is -1.13. The third kappa shape index (κ3) is 3.71. The van der Waals surface area contributed by atoms with Gasteiger partial charge in [0.1, 0.15) is 0 Å². The van der Waals surface area contributed by atoms with Crippen LogP contribution in [0.25, 0.3) is 0 Å². The topological polar surface area (TPSA) is 66.4 Å². The Kier molecular flexibility index (Phi) is 3.85. The van der Waals surface area contributed by atoms with E-state index in [-0.39, 0.29) is 12.3 Å². The minimum Gasteiger partial charge on any atom is -0.481 e. The van der Waals surface area contributed by atoms with Crippen molar-refractivity contribution in [2.24, 2.45) is 0 Å². The normalized spacial score (nSPS) is 12.1. The Bertz CT molecular complexity index is 356. The van der Waals surface area contributed by atoms with Crippen molar-refractivity contribution in [2.75, 3.05) is 0 Å². The summed E-state index contributed by atoms with van der Waals surface area (Å²) < 4.78 is 0. The first kappa shape index (κ1) is 11.7. The zero-order valence-corrected chi connectivity index (χ0v) is 9.43. The molecule has 82 valence electrons. The maximum absolute atomic E-state index is 10.9. The molecule has 1 aromatic heterocycles. The Morgan fingerprint density at radius 3 is 2.60 bits per heavy atom. The molecule has 0 bridgehead atoms. The molecule has 1 rings (SSSR count). The van der Waals surface area contributed by atoms with Crippen LogP contribution in [0.5, 0.6) is 0 Å². The van der Waals surface area contributed by atoms with Gasteiger partial charge >= 0.3 is 5.97 Å². The van der Waals surface area contributed by atoms with Gasteiger partial charge in [-0.1, -0.05) is 0 Å². The second-order valence-corrected chi connectivity index (χ2v) is 4.62. The molecule has 0 fully saturated rings. The van der Waals surface area contributed by atoms with Gasteiger partial charge in [0.15, 0.2) is 0 Å². The maximum atomic E-state index is 10.9. The fourth-order valence-electron chi connectivity index (χ4n) is 1.28. The molecule has 1 amide bonds. The van der Waals surface area contributed by atoms with E-state index < -0.39 is 12.0 Å². The lowest BCUT2D eigenvalue weighted by atomic mass is 10.1. The Hall–Kier alpha value is -1.36. The highest BCUT2D eigenvalue weighted by atomic mass is 32.1. The molecule has 5 heteroatoms. The maximum Gasteiger partial charge on any atom is 0.305 e. The number of nitrogens with one attached hydrogen (secondary N) is 1. The van der Waals surface area contributed by atoms with Gasteiger partial charge in [0.05, 0.1) is 12.5 Å². The van der Waals surface area contributed by atoms with Gasteiger partial charge in [-0.05, 0) is 19.1 Å². The number of amides is 1. The molecule has 1 atom stereocenters. The van der Waals surface area contributed by atoms with Crippen molar-refractivity contribution in [3.05, 3.63) is 21.9 Å². The van der Waals surface area contributed by atoms with Crippen molar-refractivity contribution in [1.29, 1.82) is 0 Å². The summed E-state index contributed by atoms with van der Waals surface area (Å²) in [6.07, 6.45) is -0.0838. The van der Waals surface area contributed by atoms with E-state index in [1.54, 1.807) is 0 Å². The van der Waals surface area contributed by atoms with Crippen molar-refractivity contribution < 1.29 is 14.7 Å². The molecule has 0 radical (unpaired) electrons. The van der Waals surface area contributed by atoms with Crippen LogP contribution in [0.2, 0.25) is 0 Å². The van der Waals surface area contributed by atoms with E-state index in [4.69, 9.17) is 5.11 Å². The molecule has 0 aliphatic heterocycles. The van der Waals surface area contributed by atoms with Gasteiger partial charge < -0.3 is 10.4 Å². The highest BCUT2D eigenvalue weighted by Gasteiger charge is 2.17. The van der Waals surface area contributed by atoms with Crippen LogP contribution >= 0.6 is 11.3 Å². The minimum atomic E-state index is -0.917. The zero-order valence-electron chi connectivity index (χ0n) is 8.61. The van der Waals surface area contributed by atoms with Gasteiger partial charge in [0.25, 0.3) is 0 Å². The van der Waals surface area contributed by atoms with Gasteiger partial charge in [0, 0.05) is 16.7 Å². The average molecular weight is 227 g/mol. The SMILES string of the molecule is CC(=O)N[C@H](CC(=O)O)c1ccc(C)s1. The van der Waals surface area contributed by atoms with Crippen LogP contribution in [0.15, 0.2) is 12.1 Å². The van der Waals surface area contributed by atoms with Gasteiger partial charge in [-0.25, -0.2) is 0 Å². The van der Waals surface area contributed by atoms with E-state index in [2.05, 4.69) is 5.32 Å². The minimum absolute atomic E-state index is 0.0838. The number of aryl methyl sites for hydroxylation is 1. The summed E-state index contributed by atoms with van der Waals surface area (Å²) in [6, 6.07) is 3.35. The second-order valence-electron chi connectivity index (χ2n) is 3.30. The number of thiophene rings is 1. The van der Waals surface area contributed by atoms with Gasteiger partial charge in [-0.3, -0.25) is 9.59 Å². The molecular weight excluding hydrogens is 214 g/mol. The molecule has 0 aromatic carbocycles. The standard InChI is InChI=1S/C10H13NO3S/c1-6-3-4-9(15-6)8(5-10(13)14)11-7(2)12/h3-4,8H,5H2,1-2H3,(H,11,12)(H,13,14)/t8-/m1/s1. The van der Waals surface area contributed by atoms with Crippen LogP contribution in [0, 0.1) is 6.92 Å². The van der Waals surface area contributed by atoms with Crippen molar-refractivity contribution in [1.82, 2.24) is 5.32 Å². The van der Waals surface area contributed by atoms with E-state index in [0.29, 0.717) is 0 Å². The second kappa shape index (κ2) is 4.93. The Morgan fingerprint density at radius 1 is 1.53 bits per heavy atom. The number of carboxylic acid groups (broad SMARTS) is 1. The Morgan fingerprint density at radius 2 is 2.20 bits per heavy atom. The largest absolute Gasteiger partial charge is 0.481 e. The number of carbonyl (C=O) groups is 2. The van der Waals surface area contributed by atoms with Crippen LogP contribution in [0.4, 0.5) is 0 Å². The molecule has 1 heterocycles. The lowest BCUT2D eigenvalue weighted by Gasteiger charge is -2.13. The summed E-state index contributed by atoms with van der Waals surface area (Å²) in [5.41, 5.74) is 0. The third-order valence-corrected chi connectivity index (χ3v) is 2.98. The summed E-state index contributed by atoms with van der Waals surface area (Å²) in [7, 11) is 0. The van der Waals surface area contributed by atoms with E-state index in [0.717, 1.165) is 9.75 Å². The number of carbonyl (C=O) groups excluding carboxylic acids is 1. The molecule has 0 aliphatic rings. The predicted molar refractivity (Wildman–Crippen MR) is 57.9 cm³/mol. The molecule has 0 saturated carbocycles. The molecule has 0 aliphatic carbocycles. The third-order valence-electron chi connectivity index (χ3n) is 1.86. The fraction of sp³-hybridized carbons (Fsp3) is 0.400. The first-order valence-electron chi connectivity index (χ1n) is 4.54. The summed E-state index contributed by atoms with van der Waals surface area (Å²) >= 11 is 1.50. The lowest BCUT2D eigenvalue weighted by Crippen LogP contribution is -2.27. The van der Waals surface area contributed by atoms with E-state index in [1.165, 1.54) is 18.3 Å². The van der Waals surface area contributed by atoms with Crippen LogP contribution in [-0.2, 0) is 9.59 Å². The van der Waals surface area contributed by atoms with Crippen molar-refractivity contribution >= 4 is 23.2 Å². The molecule has 0 saturated heterocycles. The summed E-state index contributed by atoms with van der Waals surface area (Å²) in [4.78, 5) is 23.5. The van der Waals surface area contributed by atoms with Crippen LogP contribution < -0.4 is 5.32 Å². The van der Waals surface area contributed by atoms with E-state index in [1.807, 2.05) is 19.1 Å². The van der Waals surface area contributed by atoms with Crippen molar-refractivity contribution in [3.63, 3.8) is 0 Å². The number of hydrogen-bond donors (Lipinski definition) is 2. The quantitative estimate of drug-likeness (QED) is 0.822. The first-order valence-corrected chi connectivity index (χ1v) is 5.36. The van der Waals surface area contributed by atoms with Crippen LogP contribution in [0.3, 0.4) is 0 Å². The zero-order chi connectivity index (χ0) is 11.4. The molecule has 0 spiro atoms. The van der Waals surface area contributed by atoms with Crippen molar-refractivity contribution in [3.8, 4) is 0 Å². The molecular formula is C10H13NO3S. The molecule has 1 aromatic rings. The first-order chi connectivity index (χ1) is 6.99. The Labute approximate surface area is 91.9 Å². The van der Waals surface area contributed by atoms with Crippen LogP contribution in [-0.4, -0.2) is 17.0 Å². The fourth-order valence-corrected chi connectivity index (χ4v) is 2.21. The van der Waals surface area contributed by atoms with E-state index in [9.17, 15) is 9.59 Å². The Balaban J connectivity index is 2.80. The number of rotatable bonds is 4. The smallest absolute Gasteiger partial charge is 0.305 e. The van der Waals surface area contributed by atoms with E-state index >= 15 is 0 Å². The van der Waals surface area contributed by atoms with Crippen molar-refractivity contribution in [2.45, 2.75) is 26.3 Å². The molecule has 4 nitrogen and oxygen atoms in total. The highest BCUT2D eigenvalue weighted by molar-refractivity contribution is 7.12. The van der Waals surface area contributed by atoms with Gasteiger partial charge in [0.2, 0.25) is 5.91 Å². The van der Waals surface area contributed by atoms with Gasteiger partial charge in [-0.2, -0.15) is 0 Å². The summed E-state index contributed by atoms with van der Waals surface area (Å²) in [5, 5.41) is 11.3. The van der Waals surface area contributed by atoms with Crippen LogP contribution in [0.1, 0.15) is 29.1 Å². The van der Waals surface area contributed by atoms with Gasteiger partial charge in [-0.15, -0.1) is 11.3 Å². The highest BCUT2D eigenvalue weighted by Crippen LogP contribution is 2.25. The number of hydrogen-bond acceptors (Lipinski definition) is 3. The number of carboxylic acids is 1.